The highest BCUT2D eigenvalue weighted by Gasteiger charge is 2.30. The maximum atomic E-state index is 13.1. The molecule has 1 aliphatic rings. The summed E-state index contributed by atoms with van der Waals surface area (Å²) >= 11 is 1.50. The third-order valence-electron chi connectivity index (χ3n) is 4.47. The van der Waals surface area contributed by atoms with Crippen molar-refractivity contribution < 1.29 is 9.50 Å². The van der Waals surface area contributed by atoms with Crippen LogP contribution >= 0.6 is 23.7 Å². The normalized spacial score (nSPS) is 19.9. The summed E-state index contributed by atoms with van der Waals surface area (Å²) in [5.41, 5.74) is 0.912. The highest BCUT2D eigenvalue weighted by molar-refractivity contribution is 7.13. The minimum absolute atomic E-state index is 0. The number of hydrogen-bond acceptors (Lipinski definition) is 5. The van der Waals surface area contributed by atoms with Gasteiger partial charge in [0.05, 0.1) is 17.8 Å². The van der Waals surface area contributed by atoms with E-state index in [-0.39, 0.29) is 18.2 Å². The summed E-state index contributed by atoms with van der Waals surface area (Å²) in [6, 6.07) is 6.30. The van der Waals surface area contributed by atoms with Crippen molar-refractivity contribution in [2.24, 2.45) is 0 Å². The molecular formula is C18H20ClFN4OS. The van der Waals surface area contributed by atoms with Crippen molar-refractivity contribution in [2.45, 2.75) is 25.0 Å². The second kappa shape index (κ2) is 7.84. The zero-order chi connectivity index (χ0) is 17.3. The fourth-order valence-corrected chi connectivity index (χ4v) is 4.01. The molecule has 0 saturated carbocycles. The van der Waals surface area contributed by atoms with E-state index in [1.807, 2.05) is 16.1 Å². The van der Waals surface area contributed by atoms with E-state index in [9.17, 15) is 9.50 Å². The lowest BCUT2D eigenvalue weighted by Gasteiger charge is -2.33. The molecule has 0 amide bonds. The average molecular weight is 395 g/mol. The molecule has 138 valence electrons. The van der Waals surface area contributed by atoms with Crippen LogP contribution in [-0.4, -0.2) is 38.3 Å². The van der Waals surface area contributed by atoms with Crippen LogP contribution in [0.2, 0.25) is 0 Å². The Kier molecular flexibility index (Phi) is 5.72. The van der Waals surface area contributed by atoms with Gasteiger partial charge in [0, 0.05) is 29.9 Å². The van der Waals surface area contributed by atoms with E-state index in [2.05, 4.69) is 15.3 Å². The van der Waals surface area contributed by atoms with Gasteiger partial charge in [0.15, 0.2) is 10.8 Å². The first-order valence-electron chi connectivity index (χ1n) is 8.29. The van der Waals surface area contributed by atoms with Crippen molar-refractivity contribution >= 4 is 23.7 Å². The van der Waals surface area contributed by atoms with Crippen LogP contribution in [0.4, 0.5) is 4.39 Å². The van der Waals surface area contributed by atoms with Crippen molar-refractivity contribution in [3.63, 3.8) is 0 Å². The fourth-order valence-electron chi connectivity index (χ4n) is 3.17. The Morgan fingerprint density at radius 2 is 2.12 bits per heavy atom. The van der Waals surface area contributed by atoms with E-state index in [1.165, 1.54) is 23.5 Å². The Morgan fingerprint density at radius 1 is 1.31 bits per heavy atom. The molecule has 0 radical (unpaired) electrons. The minimum Gasteiger partial charge on any atom is -0.387 e. The van der Waals surface area contributed by atoms with Gasteiger partial charge in [0.1, 0.15) is 5.82 Å². The highest BCUT2D eigenvalue weighted by atomic mass is 35.5. The first-order chi connectivity index (χ1) is 12.1. The van der Waals surface area contributed by atoms with Gasteiger partial charge in [0.25, 0.3) is 0 Å². The van der Waals surface area contributed by atoms with Crippen LogP contribution in [0.3, 0.4) is 0 Å². The molecule has 3 heterocycles. The SMILES string of the molecule is Cl.OC1(Cn2ccnc2-c2nc(-c3ccc(F)cc3)cs2)CCCNC1. The number of imidazole rings is 1. The van der Waals surface area contributed by atoms with Gasteiger partial charge in [0.2, 0.25) is 0 Å². The van der Waals surface area contributed by atoms with Gasteiger partial charge in [-0.05, 0) is 43.7 Å². The molecule has 2 aromatic heterocycles. The van der Waals surface area contributed by atoms with Crippen molar-refractivity contribution in [3.8, 4) is 22.1 Å². The van der Waals surface area contributed by atoms with Gasteiger partial charge in [-0.1, -0.05) is 0 Å². The number of β-amino-alcohol motifs (C(OH)–C–C–N with tert-alkyl or cyclic N) is 1. The van der Waals surface area contributed by atoms with Gasteiger partial charge in [-0.15, -0.1) is 23.7 Å². The first-order valence-corrected chi connectivity index (χ1v) is 9.17. The molecule has 0 bridgehead atoms. The summed E-state index contributed by atoms with van der Waals surface area (Å²) in [7, 11) is 0. The molecule has 2 N–H and O–H groups in total. The Bertz CT molecular complexity index is 858. The summed E-state index contributed by atoms with van der Waals surface area (Å²) in [5, 5.41) is 16.7. The van der Waals surface area contributed by atoms with Crippen LogP contribution in [0.5, 0.6) is 0 Å². The van der Waals surface area contributed by atoms with Crippen LogP contribution in [0.25, 0.3) is 22.1 Å². The molecule has 1 atom stereocenters. The molecule has 26 heavy (non-hydrogen) atoms. The molecule has 3 aromatic rings. The van der Waals surface area contributed by atoms with Crippen LogP contribution < -0.4 is 5.32 Å². The average Bonchev–Trinajstić information content (AvgIpc) is 3.25. The summed E-state index contributed by atoms with van der Waals surface area (Å²) < 4.78 is 15.0. The summed E-state index contributed by atoms with van der Waals surface area (Å²) in [6.45, 7) is 2.02. The molecule has 1 aliphatic heterocycles. The smallest absolute Gasteiger partial charge is 0.169 e. The van der Waals surface area contributed by atoms with E-state index in [4.69, 9.17) is 0 Å². The van der Waals surface area contributed by atoms with Crippen molar-refractivity contribution in [1.29, 1.82) is 0 Å². The lowest BCUT2D eigenvalue weighted by atomic mass is 9.94. The maximum Gasteiger partial charge on any atom is 0.169 e. The van der Waals surface area contributed by atoms with Crippen LogP contribution in [-0.2, 0) is 6.54 Å². The molecule has 0 aliphatic carbocycles. The van der Waals surface area contributed by atoms with Crippen LogP contribution in [0.15, 0.2) is 42.0 Å². The Balaban J connectivity index is 0.00000196. The number of aliphatic hydroxyl groups is 1. The number of thiazole rings is 1. The second-order valence-electron chi connectivity index (χ2n) is 6.43. The molecule has 8 heteroatoms. The molecule has 5 nitrogen and oxygen atoms in total. The predicted molar refractivity (Wildman–Crippen MR) is 103 cm³/mol. The number of hydrogen-bond donors (Lipinski definition) is 2. The molecule has 0 spiro atoms. The van der Waals surface area contributed by atoms with Crippen molar-refractivity contribution in [2.75, 3.05) is 13.1 Å². The van der Waals surface area contributed by atoms with E-state index >= 15 is 0 Å². The Hall–Kier alpha value is -1.80. The molecule has 4 rings (SSSR count). The van der Waals surface area contributed by atoms with Gasteiger partial charge >= 0.3 is 0 Å². The largest absolute Gasteiger partial charge is 0.387 e. The fraction of sp³-hybridized carbons (Fsp3) is 0.333. The Morgan fingerprint density at radius 3 is 2.85 bits per heavy atom. The van der Waals surface area contributed by atoms with E-state index in [0.717, 1.165) is 41.5 Å². The minimum atomic E-state index is -0.759. The van der Waals surface area contributed by atoms with Crippen molar-refractivity contribution in [1.82, 2.24) is 19.9 Å². The number of piperidine rings is 1. The quantitative estimate of drug-likeness (QED) is 0.712. The van der Waals surface area contributed by atoms with Crippen molar-refractivity contribution in [3.05, 3.63) is 47.9 Å². The number of aromatic nitrogens is 3. The van der Waals surface area contributed by atoms with Crippen LogP contribution in [0, 0.1) is 5.82 Å². The molecular weight excluding hydrogens is 375 g/mol. The highest BCUT2D eigenvalue weighted by Crippen LogP contribution is 2.29. The third kappa shape index (κ3) is 3.96. The number of nitrogens with zero attached hydrogens (tertiary/aromatic N) is 3. The molecule has 1 aromatic carbocycles. The maximum absolute atomic E-state index is 13.1. The standard InChI is InChI=1S/C18H19FN4OS.ClH/c19-14-4-2-13(3-5-14)15-10-25-17(22-15)16-21-8-9-23(16)12-18(24)6-1-7-20-11-18;/h2-5,8-10,20,24H,1,6-7,11-12H2;1H. The van der Waals surface area contributed by atoms with Gasteiger partial charge in [-0.3, -0.25) is 0 Å². The number of nitrogens with one attached hydrogen (secondary N) is 1. The van der Waals surface area contributed by atoms with Gasteiger partial charge < -0.3 is 15.0 Å². The molecule has 1 fully saturated rings. The monoisotopic (exact) mass is 394 g/mol. The number of rotatable bonds is 4. The van der Waals surface area contributed by atoms with E-state index in [0.29, 0.717) is 13.1 Å². The van der Waals surface area contributed by atoms with E-state index < -0.39 is 5.60 Å². The Labute approximate surface area is 161 Å². The summed E-state index contributed by atoms with van der Waals surface area (Å²) in [5.74, 6) is 0.487. The topological polar surface area (TPSA) is 63.0 Å². The first kappa shape index (κ1) is 19.0. The predicted octanol–water partition coefficient (Wildman–Crippen LogP) is 3.35. The molecule has 1 saturated heterocycles. The summed E-state index contributed by atoms with van der Waals surface area (Å²) in [6.07, 6.45) is 5.34. The van der Waals surface area contributed by atoms with Crippen LogP contribution in [0.1, 0.15) is 12.8 Å². The third-order valence-corrected chi connectivity index (χ3v) is 5.30. The lowest BCUT2D eigenvalue weighted by Crippen LogP contribution is -2.48. The zero-order valence-electron chi connectivity index (χ0n) is 14.1. The lowest BCUT2D eigenvalue weighted by molar-refractivity contribution is 0.00106. The summed E-state index contributed by atoms with van der Waals surface area (Å²) in [4.78, 5) is 9.07. The van der Waals surface area contributed by atoms with Gasteiger partial charge in [-0.2, -0.15) is 0 Å². The van der Waals surface area contributed by atoms with E-state index in [1.54, 1.807) is 18.3 Å². The zero-order valence-corrected chi connectivity index (χ0v) is 15.7. The molecule has 1 unspecified atom stereocenters. The number of benzene rings is 1. The van der Waals surface area contributed by atoms with Gasteiger partial charge in [-0.25, -0.2) is 14.4 Å². The number of halogens is 2. The second-order valence-corrected chi connectivity index (χ2v) is 7.29.